The number of carbonyl (C=O) groups excluding carboxylic acids is 2. The second kappa shape index (κ2) is 15.7. The van der Waals surface area contributed by atoms with E-state index in [1.165, 1.54) is 38.4 Å². The number of rotatable bonds is 12. The molecule has 4 N–H and O–H groups in total. The van der Waals surface area contributed by atoms with Crippen molar-refractivity contribution in [3.8, 4) is 28.8 Å². The Labute approximate surface area is 300 Å². The molecular formula is C37H43F3N6O6. The number of urea groups is 1. The fourth-order valence-corrected chi connectivity index (χ4v) is 5.47. The van der Waals surface area contributed by atoms with Crippen molar-refractivity contribution in [2.24, 2.45) is 5.73 Å². The van der Waals surface area contributed by atoms with Gasteiger partial charge in [0.15, 0.2) is 11.6 Å². The van der Waals surface area contributed by atoms with Gasteiger partial charge < -0.3 is 35.3 Å². The predicted octanol–water partition coefficient (Wildman–Crippen LogP) is 8.17. The Morgan fingerprint density at radius 1 is 0.885 bits per heavy atom. The summed E-state index contributed by atoms with van der Waals surface area (Å²) in [5.41, 5.74) is 3.56. The van der Waals surface area contributed by atoms with Gasteiger partial charge in [-0.1, -0.05) is 52.8 Å². The molecule has 0 fully saturated rings. The van der Waals surface area contributed by atoms with E-state index in [0.29, 0.717) is 29.4 Å². The molecule has 2 heterocycles. The van der Waals surface area contributed by atoms with Crippen LogP contribution in [0.15, 0.2) is 54.9 Å². The number of nitrogens with zero attached hydrogens (tertiary/aromatic N) is 3. The number of pyridine rings is 1. The topological polar surface area (TPSA) is 160 Å². The zero-order valence-electron chi connectivity index (χ0n) is 30.3. The summed E-state index contributed by atoms with van der Waals surface area (Å²) in [6.07, 6.45) is -2.98. The lowest BCUT2D eigenvalue weighted by Crippen LogP contribution is -2.33. The van der Waals surface area contributed by atoms with Crippen LogP contribution in [0.4, 0.5) is 34.1 Å². The SMILES string of the molecule is CCOc1cc(-c2ncc(NC(=O)Nc3ccc(C(C)(C)COC(N)=O)c(C(F)(F)F)c3C(C)(C)C)c(C)n2)cnc1OCc1ccc(OC)cc1. The van der Waals surface area contributed by atoms with Gasteiger partial charge in [-0.25, -0.2) is 24.5 Å². The fraction of sp³-hybridized carbons (Fsp3) is 0.378. The Morgan fingerprint density at radius 3 is 2.13 bits per heavy atom. The largest absolute Gasteiger partial charge is 0.497 e. The minimum absolute atomic E-state index is 0.0493. The smallest absolute Gasteiger partial charge is 0.417 e. The van der Waals surface area contributed by atoms with Gasteiger partial charge in [-0.2, -0.15) is 13.2 Å². The zero-order valence-corrected chi connectivity index (χ0v) is 30.3. The van der Waals surface area contributed by atoms with Gasteiger partial charge in [0.05, 0.1) is 36.9 Å². The van der Waals surface area contributed by atoms with E-state index in [9.17, 15) is 22.8 Å². The van der Waals surface area contributed by atoms with Crippen LogP contribution in [0.5, 0.6) is 17.4 Å². The number of methoxy groups -OCH3 is 1. The van der Waals surface area contributed by atoms with Gasteiger partial charge in [-0.15, -0.1) is 0 Å². The molecule has 0 spiro atoms. The molecule has 0 saturated heterocycles. The normalized spacial score (nSPS) is 11.8. The van der Waals surface area contributed by atoms with Crippen LogP contribution >= 0.6 is 0 Å². The molecule has 0 saturated carbocycles. The Balaban J connectivity index is 1.57. The highest BCUT2D eigenvalue weighted by Gasteiger charge is 2.44. The summed E-state index contributed by atoms with van der Waals surface area (Å²) in [6.45, 7) is 11.6. The lowest BCUT2D eigenvalue weighted by atomic mass is 9.74. The van der Waals surface area contributed by atoms with E-state index in [0.717, 1.165) is 11.3 Å². The van der Waals surface area contributed by atoms with Gasteiger partial charge >= 0.3 is 18.3 Å². The highest BCUT2D eigenvalue weighted by atomic mass is 19.4. The van der Waals surface area contributed by atoms with Crippen molar-refractivity contribution in [2.75, 3.05) is 31.0 Å². The van der Waals surface area contributed by atoms with Crippen LogP contribution in [-0.4, -0.2) is 47.4 Å². The van der Waals surface area contributed by atoms with Crippen molar-refractivity contribution in [1.29, 1.82) is 0 Å². The van der Waals surface area contributed by atoms with Crippen LogP contribution in [0, 0.1) is 6.92 Å². The fourth-order valence-electron chi connectivity index (χ4n) is 5.47. The Bertz CT molecular complexity index is 1910. The van der Waals surface area contributed by atoms with Crippen LogP contribution in [0.1, 0.15) is 69.5 Å². The third-order valence-electron chi connectivity index (χ3n) is 7.93. The number of hydrogen-bond acceptors (Lipinski definition) is 9. The molecule has 12 nitrogen and oxygen atoms in total. The quantitative estimate of drug-likeness (QED) is 0.131. The molecule has 4 rings (SSSR count). The maximum Gasteiger partial charge on any atom is 0.417 e. The minimum atomic E-state index is -4.81. The molecule has 0 aliphatic heterocycles. The molecule has 4 aromatic rings. The summed E-state index contributed by atoms with van der Waals surface area (Å²) in [5.74, 6) is 1.70. The van der Waals surface area contributed by atoms with Gasteiger partial charge in [-0.05, 0) is 60.2 Å². The molecule has 2 aromatic carbocycles. The summed E-state index contributed by atoms with van der Waals surface area (Å²) < 4.78 is 66.1. The maximum absolute atomic E-state index is 14.8. The van der Waals surface area contributed by atoms with Crippen LogP contribution in [0.3, 0.4) is 0 Å². The number of nitrogens with one attached hydrogen (secondary N) is 2. The first-order valence-corrected chi connectivity index (χ1v) is 16.3. The van der Waals surface area contributed by atoms with Crippen LogP contribution < -0.4 is 30.6 Å². The predicted molar refractivity (Wildman–Crippen MR) is 190 cm³/mol. The van der Waals surface area contributed by atoms with E-state index in [1.807, 2.05) is 31.2 Å². The summed E-state index contributed by atoms with van der Waals surface area (Å²) >= 11 is 0. The minimum Gasteiger partial charge on any atom is -0.497 e. The molecule has 0 radical (unpaired) electrons. The first kappa shape index (κ1) is 39.2. The molecule has 0 unspecified atom stereocenters. The Hall–Kier alpha value is -5.60. The van der Waals surface area contributed by atoms with E-state index in [1.54, 1.807) is 40.9 Å². The zero-order chi connectivity index (χ0) is 38.4. The second-order valence-electron chi connectivity index (χ2n) is 13.5. The summed E-state index contributed by atoms with van der Waals surface area (Å²) in [7, 11) is 1.59. The number of amides is 3. The van der Waals surface area contributed by atoms with Crippen molar-refractivity contribution in [3.63, 3.8) is 0 Å². The number of aryl methyl sites for hydroxylation is 1. The highest BCUT2D eigenvalue weighted by molar-refractivity contribution is 6.00. The average Bonchev–Trinajstić information content (AvgIpc) is 3.07. The van der Waals surface area contributed by atoms with E-state index in [-0.39, 0.29) is 41.6 Å². The van der Waals surface area contributed by atoms with Gasteiger partial charge in [-0.3, -0.25) is 0 Å². The molecule has 52 heavy (non-hydrogen) atoms. The molecule has 15 heteroatoms. The molecule has 0 aliphatic rings. The first-order valence-electron chi connectivity index (χ1n) is 16.3. The summed E-state index contributed by atoms with van der Waals surface area (Å²) in [6, 6.07) is 11.0. The van der Waals surface area contributed by atoms with E-state index < -0.39 is 34.7 Å². The highest BCUT2D eigenvalue weighted by Crippen LogP contribution is 2.46. The standard InChI is InChI=1S/C37H43F3N6O6/c1-9-50-28-16-23(17-43-32(28)51-19-22-10-12-24(49-8)13-11-22)31-42-18-27(21(2)44-31)46-34(48)45-26-15-14-25(36(6,7)20-52-33(41)47)29(37(38,39)40)30(26)35(3,4)5/h10-18H,9,19-20H2,1-8H3,(H2,41,47)(H2,45,46,48). The van der Waals surface area contributed by atoms with Gasteiger partial charge in [0.25, 0.3) is 5.88 Å². The van der Waals surface area contributed by atoms with Crippen molar-refractivity contribution < 1.29 is 41.7 Å². The number of hydrogen-bond donors (Lipinski definition) is 3. The molecule has 0 bridgehead atoms. The third kappa shape index (κ3) is 9.59. The summed E-state index contributed by atoms with van der Waals surface area (Å²) in [5, 5.41) is 5.22. The number of anilines is 2. The van der Waals surface area contributed by atoms with Crippen molar-refractivity contribution >= 4 is 23.5 Å². The van der Waals surface area contributed by atoms with Crippen molar-refractivity contribution in [1.82, 2.24) is 15.0 Å². The van der Waals surface area contributed by atoms with Crippen LogP contribution in [0.2, 0.25) is 0 Å². The van der Waals surface area contributed by atoms with Crippen LogP contribution in [0.25, 0.3) is 11.4 Å². The number of ether oxygens (including phenoxy) is 4. The number of aromatic nitrogens is 3. The molecule has 278 valence electrons. The average molecular weight is 725 g/mol. The molecule has 3 amide bonds. The van der Waals surface area contributed by atoms with Crippen molar-refractivity contribution in [2.45, 2.75) is 72.1 Å². The molecular weight excluding hydrogens is 681 g/mol. The number of halogens is 3. The van der Waals surface area contributed by atoms with Crippen molar-refractivity contribution in [3.05, 3.63) is 82.8 Å². The van der Waals surface area contributed by atoms with E-state index in [4.69, 9.17) is 24.7 Å². The first-order chi connectivity index (χ1) is 24.3. The number of alkyl halides is 3. The number of primary amides is 1. The van der Waals surface area contributed by atoms with Gasteiger partial charge in [0.1, 0.15) is 19.0 Å². The molecule has 0 atom stereocenters. The molecule has 2 aromatic heterocycles. The number of nitrogens with two attached hydrogens (primary N) is 1. The molecule has 0 aliphatic carbocycles. The second-order valence-corrected chi connectivity index (χ2v) is 13.5. The Kier molecular flexibility index (Phi) is 11.9. The lowest BCUT2D eigenvalue weighted by molar-refractivity contribution is -0.139. The third-order valence-corrected chi connectivity index (χ3v) is 7.93. The van der Waals surface area contributed by atoms with Gasteiger partial charge in [0.2, 0.25) is 0 Å². The maximum atomic E-state index is 14.8. The number of benzene rings is 2. The van der Waals surface area contributed by atoms with E-state index >= 15 is 0 Å². The number of carbonyl (C=O) groups is 2. The van der Waals surface area contributed by atoms with E-state index in [2.05, 4.69) is 25.6 Å². The monoisotopic (exact) mass is 724 g/mol. The lowest BCUT2D eigenvalue weighted by Gasteiger charge is -2.34. The summed E-state index contributed by atoms with van der Waals surface area (Å²) in [4.78, 5) is 37.8. The van der Waals surface area contributed by atoms with Crippen LogP contribution in [-0.2, 0) is 28.4 Å². The Morgan fingerprint density at radius 2 is 1.56 bits per heavy atom. The van der Waals surface area contributed by atoms with Gasteiger partial charge in [0, 0.05) is 22.9 Å².